The number of halogens is 1. The second-order valence-electron chi connectivity index (χ2n) is 6.29. The molecule has 2 aromatic rings. The zero-order chi connectivity index (χ0) is 19.0. The number of fused-ring (bicyclic) bond motifs is 1. The summed E-state index contributed by atoms with van der Waals surface area (Å²) in [7, 11) is -4.07. The number of amides is 1. The van der Waals surface area contributed by atoms with Gasteiger partial charge in [0.1, 0.15) is 23.9 Å². The first-order chi connectivity index (χ1) is 12.9. The van der Waals surface area contributed by atoms with E-state index in [2.05, 4.69) is 4.72 Å². The van der Waals surface area contributed by atoms with Crippen LogP contribution in [0.15, 0.2) is 47.4 Å². The van der Waals surface area contributed by atoms with E-state index in [9.17, 15) is 17.6 Å². The van der Waals surface area contributed by atoms with E-state index < -0.39 is 26.8 Å². The van der Waals surface area contributed by atoms with E-state index in [-0.39, 0.29) is 18.9 Å². The molecule has 2 aromatic carbocycles. The number of anilines is 1. The molecule has 0 radical (unpaired) electrons. The molecule has 4 rings (SSSR count). The Labute approximate surface area is 155 Å². The molecule has 0 aliphatic carbocycles. The van der Waals surface area contributed by atoms with E-state index in [1.54, 1.807) is 18.2 Å². The number of benzene rings is 2. The highest BCUT2D eigenvalue weighted by atomic mass is 32.2. The minimum absolute atomic E-state index is 0.0118. The van der Waals surface area contributed by atoms with Gasteiger partial charge in [0.05, 0.1) is 0 Å². The standard InChI is InChI=1S/C18H17FN2O5S/c19-14-3-1-2-4-17(14)27(23,24)20-12-9-18(22)21(11-12)13-5-6-15-16(10-13)26-8-7-25-15/h1-6,10,12,20H,7-9,11H2/t12-/m1/s1. The maximum absolute atomic E-state index is 13.8. The lowest BCUT2D eigenvalue weighted by Crippen LogP contribution is -2.37. The van der Waals surface area contributed by atoms with Crippen molar-refractivity contribution in [2.45, 2.75) is 17.4 Å². The van der Waals surface area contributed by atoms with Crippen LogP contribution >= 0.6 is 0 Å². The Balaban J connectivity index is 1.52. The molecule has 142 valence electrons. The van der Waals surface area contributed by atoms with Crippen molar-refractivity contribution in [1.82, 2.24) is 4.72 Å². The summed E-state index contributed by atoms with van der Waals surface area (Å²) in [5.74, 6) is 0.0846. The summed E-state index contributed by atoms with van der Waals surface area (Å²) in [5, 5.41) is 0. The predicted molar refractivity (Wildman–Crippen MR) is 94.9 cm³/mol. The van der Waals surface area contributed by atoms with Crippen LogP contribution in [0.1, 0.15) is 6.42 Å². The van der Waals surface area contributed by atoms with E-state index >= 15 is 0 Å². The first kappa shape index (κ1) is 17.7. The van der Waals surface area contributed by atoms with Gasteiger partial charge < -0.3 is 14.4 Å². The highest BCUT2D eigenvalue weighted by Gasteiger charge is 2.34. The van der Waals surface area contributed by atoms with Gasteiger partial charge >= 0.3 is 0 Å². The minimum Gasteiger partial charge on any atom is -0.486 e. The van der Waals surface area contributed by atoms with Crippen LogP contribution in [0, 0.1) is 5.82 Å². The molecule has 7 nitrogen and oxygen atoms in total. The van der Waals surface area contributed by atoms with Gasteiger partial charge in [-0.05, 0) is 24.3 Å². The van der Waals surface area contributed by atoms with E-state index in [0.29, 0.717) is 30.4 Å². The Morgan fingerprint density at radius 2 is 1.81 bits per heavy atom. The minimum atomic E-state index is -4.07. The summed E-state index contributed by atoms with van der Waals surface area (Å²) in [6, 6.07) is 9.60. The average Bonchev–Trinajstić information content (AvgIpc) is 3.01. The summed E-state index contributed by atoms with van der Waals surface area (Å²) in [5.41, 5.74) is 0.594. The predicted octanol–water partition coefficient (Wildman–Crippen LogP) is 1.68. The smallest absolute Gasteiger partial charge is 0.243 e. The molecule has 2 heterocycles. The van der Waals surface area contributed by atoms with E-state index in [1.807, 2.05) is 0 Å². The molecule has 1 amide bonds. The molecular formula is C18H17FN2O5S. The Hall–Kier alpha value is -2.65. The van der Waals surface area contributed by atoms with Gasteiger partial charge in [-0.15, -0.1) is 0 Å². The summed E-state index contributed by atoms with van der Waals surface area (Å²) >= 11 is 0. The maximum Gasteiger partial charge on any atom is 0.243 e. The van der Waals surface area contributed by atoms with Crippen LogP contribution in [-0.4, -0.2) is 40.1 Å². The molecule has 2 aliphatic rings. The molecule has 0 unspecified atom stereocenters. The lowest BCUT2D eigenvalue weighted by Gasteiger charge is -2.22. The van der Waals surface area contributed by atoms with Gasteiger partial charge in [-0.1, -0.05) is 12.1 Å². The third-order valence-electron chi connectivity index (χ3n) is 4.41. The van der Waals surface area contributed by atoms with Crippen LogP contribution in [-0.2, 0) is 14.8 Å². The monoisotopic (exact) mass is 392 g/mol. The van der Waals surface area contributed by atoms with Crippen LogP contribution in [0.5, 0.6) is 11.5 Å². The van der Waals surface area contributed by atoms with Crippen LogP contribution < -0.4 is 19.1 Å². The van der Waals surface area contributed by atoms with Crippen molar-refractivity contribution in [3.05, 3.63) is 48.3 Å². The van der Waals surface area contributed by atoms with Crippen molar-refractivity contribution in [1.29, 1.82) is 0 Å². The lowest BCUT2D eigenvalue weighted by atomic mass is 10.2. The molecule has 0 aromatic heterocycles. The van der Waals surface area contributed by atoms with Gasteiger partial charge in [0.2, 0.25) is 15.9 Å². The molecular weight excluding hydrogens is 375 g/mol. The Kier molecular flexibility index (Phi) is 4.48. The van der Waals surface area contributed by atoms with Crippen molar-refractivity contribution in [2.24, 2.45) is 0 Å². The van der Waals surface area contributed by atoms with Crippen LogP contribution in [0.2, 0.25) is 0 Å². The van der Waals surface area contributed by atoms with Crippen LogP contribution in [0.25, 0.3) is 0 Å². The summed E-state index contributed by atoms with van der Waals surface area (Å²) < 4.78 is 52.1. The Bertz CT molecular complexity index is 995. The lowest BCUT2D eigenvalue weighted by molar-refractivity contribution is -0.117. The molecule has 1 atom stereocenters. The highest BCUT2D eigenvalue weighted by Crippen LogP contribution is 2.35. The average molecular weight is 392 g/mol. The summed E-state index contributed by atoms with van der Waals surface area (Å²) in [6.45, 7) is 1.04. The fourth-order valence-electron chi connectivity index (χ4n) is 3.18. The molecule has 1 N–H and O–H groups in total. The zero-order valence-corrected chi connectivity index (χ0v) is 15.0. The van der Waals surface area contributed by atoms with Crippen LogP contribution in [0.4, 0.5) is 10.1 Å². The number of ether oxygens (including phenoxy) is 2. The third-order valence-corrected chi connectivity index (χ3v) is 5.96. The molecule has 0 bridgehead atoms. The number of rotatable bonds is 4. The molecule has 27 heavy (non-hydrogen) atoms. The topological polar surface area (TPSA) is 84.9 Å². The fourth-order valence-corrected chi connectivity index (χ4v) is 4.49. The zero-order valence-electron chi connectivity index (χ0n) is 14.2. The first-order valence-corrected chi connectivity index (χ1v) is 9.89. The number of nitrogens with one attached hydrogen (secondary N) is 1. The molecule has 1 saturated heterocycles. The number of carbonyl (C=O) groups is 1. The van der Waals surface area contributed by atoms with Crippen molar-refractivity contribution in [3.8, 4) is 11.5 Å². The summed E-state index contributed by atoms with van der Waals surface area (Å²) in [4.78, 5) is 13.4. The first-order valence-electron chi connectivity index (χ1n) is 8.41. The van der Waals surface area contributed by atoms with Gasteiger partial charge in [-0.3, -0.25) is 4.79 Å². The second kappa shape index (κ2) is 6.82. The van der Waals surface area contributed by atoms with E-state index in [4.69, 9.17) is 9.47 Å². The van der Waals surface area contributed by atoms with Gasteiger partial charge in [0, 0.05) is 30.8 Å². The third kappa shape index (κ3) is 3.47. The van der Waals surface area contributed by atoms with Gasteiger partial charge in [0.25, 0.3) is 0 Å². The quantitative estimate of drug-likeness (QED) is 0.856. The molecule has 2 aliphatic heterocycles. The van der Waals surface area contributed by atoms with Gasteiger partial charge in [-0.2, -0.15) is 0 Å². The number of hydrogen-bond donors (Lipinski definition) is 1. The van der Waals surface area contributed by atoms with Crippen molar-refractivity contribution in [2.75, 3.05) is 24.7 Å². The van der Waals surface area contributed by atoms with Gasteiger partial charge in [0.15, 0.2) is 11.5 Å². The Morgan fingerprint density at radius 3 is 2.59 bits per heavy atom. The number of hydrogen-bond acceptors (Lipinski definition) is 5. The molecule has 1 fully saturated rings. The van der Waals surface area contributed by atoms with E-state index in [1.165, 1.54) is 23.1 Å². The Morgan fingerprint density at radius 1 is 1.07 bits per heavy atom. The normalized spacial score (nSPS) is 19.4. The van der Waals surface area contributed by atoms with Crippen molar-refractivity contribution in [3.63, 3.8) is 0 Å². The van der Waals surface area contributed by atoms with Crippen molar-refractivity contribution >= 4 is 21.6 Å². The fraction of sp³-hybridized carbons (Fsp3) is 0.278. The second-order valence-corrected chi connectivity index (χ2v) is 7.97. The largest absolute Gasteiger partial charge is 0.486 e. The van der Waals surface area contributed by atoms with Crippen molar-refractivity contribution < 1.29 is 27.1 Å². The number of carbonyl (C=O) groups excluding carboxylic acids is 1. The van der Waals surface area contributed by atoms with Crippen LogP contribution in [0.3, 0.4) is 0 Å². The molecule has 0 saturated carbocycles. The SMILES string of the molecule is O=C1C[C@@H](NS(=O)(=O)c2ccccc2F)CN1c1ccc2c(c1)OCCO2. The van der Waals surface area contributed by atoms with Gasteiger partial charge in [-0.25, -0.2) is 17.5 Å². The maximum atomic E-state index is 13.8. The highest BCUT2D eigenvalue weighted by molar-refractivity contribution is 7.89. The summed E-state index contributed by atoms with van der Waals surface area (Å²) in [6.07, 6.45) is -0.0118. The van der Waals surface area contributed by atoms with E-state index in [0.717, 1.165) is 6.07 Å². The molecule has 9 heteroatoms. The molecule has 0 spiro atoms. The number of nitrogens with zero attached hydrogens (tertiary/aromatic N) is 1. The number of sulfonamides is 1.